The van der Waals surface area contributed by atoms with Crippen LogP contribution in [0.25, 0.3) is 0 Å². The molecule has 0 spiro atoms. The molecule has 6 nitrogen and oxygen atoms in total. The number of nitrogens with zero attached hydrogens (tertiary/aromatic N) is 3. The molecule has 1 aliphatic heterocycles. The van der Waals surface area contributed by atoms with Crippen molar-refractivity contribution in [3.05, 3.63) is 47.4 Å². The standard InChI is InChI=1S/C17H19ClF2N4O2/c1-5-9(14(18)23(2)3)10-8-24(4)17(26)13(10)16(25)21-11-6-7-12(19)22-15(11)20/h5-7,10,13H,1,8H2,2-4H3,(H,21,25)/b14-9+/t10-,13+/m1/s1. The summed E-state index contributed by atoms with van der Waals surface area (Å²) in [5, 5.41) is 2.65. The highest BCUT2D eigenvalue weighted by Gasteiger charge is 2.45. The van der Waals surface area contributed by atoms with Gasteiger partial charge in [0.25, 0.3) is 0 Å². The molecule has 1 aromatic heterocycles. The molecule has 2 heterocycles. The lowest BCUT2D eigenvalue weighted by atomic mass is 9.87. The van der Waals surface area contributed by atoms with Crippen molar-refractivity contribution in [1.29, 1.82) is 0 Å². The van der Waals surface area contributed by atoms with E-state index in [-0.39, 0.29) is 12.2 Å². The molecule has 1 fully saturated rings. The van der Waals surface area contributed by atoms with E-state index < -0.39 is 35.5 Å². The quantitative estimate of drug-likeness (QED) is 0.366. The number of nitrogens with one attached hydrogen (secondary N) is 1. The molecule has 2 atom stereocenters. The van der Waals surface area contributed by atoms with Crippen LogP contribution in [0.1, 0.15) is 0 Å². The maximum Gasteiger partial charge on any atom is 0.239 e. The van der Waals surface area contributed by atoms with Crippen LogP contribution in [0.2, 0.25) is 0 Å². The number of carbonyl (C=O) groups is 2. The summed E-state index contributed by atoms with van der Waals surface area (Å²) in [5.41, 5.74) is 0.229. The molecule has 2 amide bonds. The van der Waals surface area contributed by atoms with Crippen LogP contribution in [0.4, 0.5) is 14.5 Å². The number of anilines is 1. The number of halogens is 3. The number of amides is 2. The summed E-state index contributed by atoms with van der Waals surface area (Å²) >= 11 is 6.29. The molecule has 1 aliphatic rings. The Bertz CT molecular complexity index is 782. The van der Waals surface area contributed by atoms with Crippen molar-refractivity contribution in [2.75, 3.05) is 33.0 Å². The molecule has 2 rings (SSSR count). The van der Waals surface area contributed by atoms with Crippen molar-refractivity contribution in [1.82, 2.24) is 14.8 Å². The summed E-state index contributed by atoms with van der Waals surface area (Å²) in [6.07, 6.45) is 1.50. The second-order valence-electron chi connectivity index (χ2n) is 6.11. The second-order valence-corrected chi connectivity index (χ2v) is 6.47. The van der Waals surface area contributed by atoms with Gasteiger partial charge in [-0.1, -0.05) is 24.3 Å². The van der Waals surface area contributed by atoms with E-state index in [2.05, 4.69) is 16.9 Å². The van der Waals surface area contributed by atoms with Crippen molar-refractivity contribution < 1.29 is 18.4 Å². The normalized spacial score (nSPS) is 20.7. The molecule has 0 radical (unpaired) electrons. The Kier molecular flexibility index (Phi) is 5.97. The zero-order valence-corrected chi connectivity index (χ0v) is 15.3. The van der Waals surface area contributed by atoms with Crippen LogP contribution in [0.3, 0.4) is 0 Å². The van der Waals surface area contributed by atoms with Gasteiger partial charge >= 0.3 is 0 Å². The molecule has 0 aromatic carbocycles. The Labute approximate surface area is 155 Å². The van der Waals surface area contributed by atoms with Gasteiger partial charge in [-0.05, 0) is 17.7 Å². The summed E-state index contributed by atoms with van der Waals surface area (Å²) < 4.78 is 26.6. The number of hydrogen-bond donors (Lipinski definition) is 1. The second kappa shape index (κ2) is 7.82. The summed E-state index contributed by atoms with van der Waals surface area (Å²) in [4.78, 5) is 31.2. The van der Waals surface area contributed by atoms with Crippen LogP contribution in [0.15, 0.2) is 35.5 Å². The average Bonchev–Trinajstić information content (AvgIpc) is 2.85. The van der Waals surface area contributed by atoms with E-state index in [4.69, 9.17) is 11.6 Å². The molecule has 140 valence electrons. The highest BCUT2D eigenvalue weighted by Crippen LogP contribution is 2.34. The average molecular weight is 385 g/mol. The van der Waals surface area contributed by atoms with E-state index in [1.807, 2.05) is 0 Å². The van der Waals surface area contributed by atoms with Crippen LogP contribution >= 0.6 is 11.6 Å². The largest absolute Gasteiger partial charge is 0.368 e. The maximum atomic E-state index is 13.7. The van der Waals surface area contributed by atoms with Gasteiger partial charge in [0.15, 0.2) is 0 Å². The van der Waals surface area contributed by atoms with Crippen molar-refractivity contribution in [2.24, 2.45) is 11.8 Å². The zero-order chi connectivity index (χ0) is 19.6. The first-order valence-corrected chi connectivity index (χ1v) is 8.12. The van der Waals surface area contributed by atoms with Crippen molar-refractivity contribution >= 4 is 29.1 Å². The number of pyridine rings is 1. The number of hydrogen-bond acceptors (Lipinski definition) is 4. The van der Waals surface area contributed by atoms with E-state index in [0.717, 1.165) is 12.1 Å². The third-order valence-corrected chi connectivity index (χ3v) is 4.68. The van der Waals surface area contributed by atoms with Crippen molar-refractivity contribution in [2.45, 2.75) is 0 Å². The molecule has 0 aliphatic carbocycles. The predicted octanol–water partition coefficient (Wildman–Crippen LogP) is 2.20. The molecule has 1 N–H and O–H groups in total. The highest BCUT2D eigenvalue weighted by atomic mass is 35.5. The Morgan fingerprint density at radius 2 is 2.12 bits per heavy atom. The van der Waals surface area contributed by atoms with Gasteiger partial charge in [0.1, 0.15) is 11.1 Å². The topological polar surface area (TPSA) is 65.5 Å². The van der Waals surface area contributed by atoms with E-state index >= 15 is 0 Å². The first-order chi connectivity index (χ1) is 12.2. The number of allylic oxidation sites excluding steroid dienone is 1. The predicted molar refractivity (Wildman–Crippen MR) is 94.2 cm³/mol. The van der Waals surface area contributed by atoms with Crippen LogP contribution in [0, 0.1) is 23.7 Å². The Morgan fingerprint density at radius 3 is 2.65 bits per heavy atom. The molecule has 0 bridgehead atoms. The molecular weight excluding hydrogens is 366 g/mol. The van der Waals surface area contributed by atoms with E-state index in [1.54, 1.807) is 26.0 Å². The van der Waals surface area contributed by atoms with E-state index in [0.29, 0.717) is 10.7 Å². The fraction of sp³-hybridized carbons (Fsp3) is 0.353. The number of rotatable bonds is 5. The molecule has 0 unspecified atom stereocenters. The molecule has 0 saturated carbocycles. The third kappa shape index (κ3) is 3.85. The van der Waals surface area contributed by atoms with Crippen LogP contribution in [-0.4, -0.2) is 54.3 Å². The number of likely N-dealkylation sites (tertiary alicyclic amines) is 1. The smallest absolute Gasteiger partial charge is 0.239 e. The Hall–Kier alpha value is -2.48. The minimum absolute atomic E-state index is 0.256. The van der Waals surface area contributed by atoms with Crippen LogP contribution in [0.5, 0.6) is 0 Å². The Balaban J connectivity index is 2.36. The molecule has 26 heavy (non-hydrogen) atoms. The van der Waals surface area contributed by atoms with Crippen molar-refractivity contribution in [3.63, 3.8) is 0 Å². The highest BCUT2D eigenvalue weighted by molar-refractivity contribution is 6.29. The van der Waals surface area contributed by atoms with Gasteiger partial charge in [0.2, 0.25) is 23.7 Å². The van der Waals surface area contributed by atoms with E-state index in [9.17, 15) is 18.4 Å². The molecular formula is C17H19ClF2N4O2. The summed E-state index contributed by atoms with van der Waals surface area (Å²) in [6, 6.07) is 1.96. The lowest BCUT2D eigenvalue weighted by Crippen LogP contribution is -2.34. The van der Waals surface area contributed by atoms with Gasteiger partial charge in [-0.25, -0.2) is 0 Å². The van der Waals surface area contributed by atoms with Gasteiger partial charge in [-0.15, -0.1) is 0 Å². The Morgan fingerprint density at radius 1 is 1.46 bits per heavy atom. The number of carbonyl (C=O) groups excluding carboxylic acids is 2. The fourth-order valence-corrected chi connectivity index (χ4v) is 3.05. The zero-order valence-electron chi connectivity index (χ0n) is 14.6. The maximum absolute atomic E-state index is 13.7. The monoisotopic (exact) mass is 384 g/mol. The lowest BCUT2D eigenvalue weighted by molar-refractivity contribution is -0.135. The molecule has 9 heteroatoms. The van der Waals surface area contributed by atoms with Crippen LogP contribution in [-0.2, 0) is 9.59 Å². The fourth-order valence-electron chi connectivity index (χ4n) is 2.84. The van der Waals surface area contributed by atoms with Crippen LogP contribution < -0.4 is 5.32 Å². The van der Waals surface area contributed by atoms with E-state index in [1.165, 1.54) is 11.0 Å². The summed E-state index contributed by atoms with van der Waals surface area (Å²) in [5.74, 6) is -5.00. The SMILES string of the molecule is C=C/C(=C(/Cl)N(C)C)[C@H]1CN(C)C(=O)[C@@H]1C(=O)Nc1ccc(F)nc1F. The minimum Gasteiger partial charge on any atom is -0.368 e. The molecule has 1 saturated heterocycles. The van der Waals surface area contributed by atoms with Crippen molar-refractivity contribution in [3.8, 4) is 0 Å². The summed E-state index contributed by atoms with van der Waals surface area (Å²) in [7, 11) is 5.01. The first-order valence-electron chi connectivity index (χ1n) is 7.74. The minimum atomic E-state index is -1.17. The molecule has 1 aromatic rings. The van der Waals surface area contributed by atoms with Gasteiger partial charge in [-0.3, -0.25) is 9.59 Å². The van der Waals surface area contributed by atoms with Gasteiger partial charge in [-0.2, -0.15) is 13.8 Å². The first kappa shape index (κ1) is 19.8. The van der Waals surface area contributed by atoms with Gasteiger partial charge in [0.05, 0.1) is 5.69 Å². The summed E-state index contributed by atoms with van der Waals surface area (Å²) in [6.45, 7) is 3.97. The van der Waals surface area contributed by atoms with Gasteiger partial charge in [0, 0.05) is 33.6 Å². The third-order valence-electron chi connectivity index (χ3n) is 4.12. The lowest BCUT2D eigenvalue weighted by Gasteiger charge is -2.22. The van der Waals surface area contributed by atoms with Gasteiger partial charge < -0.3 is 15.1 Å². The number of aromatic nitrogens is 1.